The average molecular weight is 284 g/mol. The van der Waals surface area contributed by atoms with E-state index >= 15 is 0 Å². The van der Waals surface area contributed by atoms with Crippen molar-refractivity contribution in [3.8, 4) is 5.75 Å². The van der Waals surface area contributed by atoms with Crippen molar-refractivity contribution in [1.29, 1.82) is 0 Å². The maximum atomic E-state index is 11.3. The molecule has 0 bridgehead atoms. The van der Waals surface area contributed by atoms with Gasteiger partial charge in [-0.2, -0.15) is 0 Å². The zero-order valence-corrected chi connectivity index (χ0v) is 10.9. The summed E-state index contributed by atoms with van der Waals surface area (Å²) in [6.07, 6.45) is 1.35. The van der Waals surface area contributed by atoms with Gasteiger partial charge in [0.1, 0.15) is 6.61 Å². The molecule has 94 valence electrons. The van der Waals surface area contributed by atoms with Crippen LogP contribution in [0.15, 0.2) is 53.7 Å². The molecule has 0 spiro atoms. The third-order valence-corrected chi connectivity index (χ3v) is 3.41. The molecule has 6 heteroatoms. The van der Waals surface area contributed by atoms with Crippen LogP contribution in [0.3, 0.4) is 0 Å². The largest absolute Gasteiger partial charge is 0.486 e. The fourth-order valence-electron chi connectivity index (χ4n) is 1.40. The molecule has 0 unspecified atom stereocenters. The van der Waals surface area contributed by atoms with Gasteiger partial charge in [0, 0.05) is 16.9 Å². The van der Waals surface area contributed by atoms with Crippen LogP contribution in [0.2, 0.25) is 0 Å². The molecule has 0 atom stereocenters. The van der Waals surface area contributed by atoms with Gasteiger partial charge in [-0.15, -0.1) is 0 Å². The molecule has 18 heavy (non-hydrogen) atoms. The standard InChI is InChI=1S/C12H10ClNO3S/c13-18(15,16)12-11(7-4-8-14-12)17-9-10-5-2-1-3-6-10/h1-8H,9H2. The molecule has 4 nitrogen and oxygen atoms in total. The summed E-state index contributed by atoms with van der Waals surface area (Å²) in [5, 5.41) is -0.261. The SMILES string of the molecule is O=S(=O)(Cl)c1ncccc1OCc1ccccc1. The van der Waals surface area contributed by atoms with Crippen molar-refractivity contribution < 1.29 is 13.2 Å². The fourth-order valence-corrected chi connectivity index (χ4v) is 2.31. The topological polar surface area (TPSA) is 56.3 Å². The van der Waals surface area contributed by atoms with Crippen LogP contribution in [0.4, 0.5) is 0 Å². The molecule has 1 aromatic carbocycles. The Morgan fingerprint density at radius 2 is 1.83 bits per heavy atom. The van der Waals surface area contributed by atoms with Gasteiger partial charge in [-0.05, 0) is 17.7 Å². The van der Waals surface area contributed by atoms with Crippen LogP contribution in [0.25, 0.3) is 0 Å². The van der Waals surface area contributed by atoms with Gasteiger partial charge >= 0.3 is 0 Å². The van der Waals surface area contributed by atoms with E-state index in [1.54, 1.807) is 6.07 Å². The van der Waals surface area contributed by atoms with E-state index in [1.165, 1.54) is 12.3 Å². The predicted octanol–water partition coefficient (Wildman–Crippen LogP) is 2.59. The molecule has 0 aliphatic carbocycles. The van der Waals surface area contributed by atoms with Crippen LogP contribution in [-0.4, -0.2) is 13.4 Å². The molecule has 1 aromatic heterocycles. The Labute approximate surface area is 110 Å². The predicted molar refractivity (Wildman–Crippen MR) is 68.0 cm³/mol. The molecule has 0 aliphatic heterocycles. The first kappa shape index (κ1) is 12.9. The Bertz CT molecular complexity index is 629. The lowest BCUT2D eigenvalue weighted by Gasteiger charge is -2.08. The highest BCUT2D eigenvalue weighted by atomic mass is 35.7. The smallest absolute Gasteiger partial charge is 0.282 e. The zero-order valence-electron chi connectivity index (χ0n) is 9.28. The summed E-state index contributed by atoms with van der Waals surface area (Å²) in [6, 6.07) is 12.5. The number of hydrogen-bond donors (Lipinski definition) is 0. The number of ether oxygens (including phenoxy) is 1. The minimum absolute atomic E-state index is 0.149. The Kier molecular flexibility index (Phi) is 3.84. The van der Waals surface area contributed by atoms with E-state index in [1.807, 2.05) is 30.3 Å². The molecule has 0 aliphatic rings. The van der Waals surface area contributed by atoms with E-state index in [4.69, 9.17) is 15.4 Å². The van der Waals surface area contributed by atoms with E-state index in [2.05, 4.69) is 4.98 Å². The minimum atomic E-state index is -3.90. The quantitative estimate of drug-likeness (QED) is 0.809. The Hall–Kier alpha value is -1.59. The van der Waals surface area contributed by atoms with Crippen molar-refractivity contribution in [2.45, 2.75) is 11.6 Å². The molecule has 0 fully saturated rings. The second kappa shape index (κ2) is 5.37. The molecular weight excluding hydrogens is 274 g/mol. The van der Waals surface area contributed by atoms with Gasteiger partial charge in [-0.25, -0.2) is 13.4 Å². The van der Waals surface area contributed by atoms with Crippen LogP contribution in [0.1, 0.15) is 5.56 Å². The first-order chi connectivity index (χ1) is 8.57. The molecule has 2 aromatic rings. The number of hydrogen-bond acceptors (Lipinski definition) is 4. The Balaban J connectivity index is 2.20. The van der Waals surface area contributed by atoms with Crippen molar-refractivity contribution in [2.24, 2.45) is 0 Å². The number of rotatable bonds is 4. The molecule has 0 saturated heterocycles. The highest BCUT2D eigenvalue weighted by Gasteiger charge is 2.18. The van der Waals surface area contributed by atoms with Crippen LogP contribution >= 0.6 is 10.7 Å². The molecule has 2 rings (SSSR count). The average Bonchev–Trinajstić information content (AvgIpc) is 2.37. The van der Waals surface area contributed by atoms with Gasteiger partial charge in [0.05, 0.1) is 0 Å². The van der Waals surface area contributed by atoms with Crippen LogP contribution < -0.4 is 4.74 Å². The first-order valence-electron chi connectivity index (χ1n) is 5.14. The number of aromatic nitrogens is 1. The van der Waals surface area contributed by atoms with E-state index in [0.29, 0.717) is 0 Å². The Morgan fingerprint density at radius 1 is 1.11 bits per heavy atom. The van der Waals surface area contributed by atoms with E-state index in [9.17, 15) is 8.42 Å². The van der Waals surface area contributed by atoms with Gasteiger partial charge in [0.2, 0.25) is 5.03 Å². The summed E-state index contributed by atoms with van der Waals surface area (Å²) in [5.74, 6) is 0.149. The second-order valence-electron chi connectivity index (χ2n) is 3.52. The lowest BCUT2D eigenvalue weighted by Crippen LogP contribution is -2.02. The maximum Gasteiger partial charge on any atom is 0.282 e. The fraction of sp³-hybridized carbons (Fsp3) is 0.0833. The van der Waals surface area contributed by atoms with E-state index in [0.717, 1.165) is 5.56 Å². The van der Waals surface area contributed by atoms with Gasteiger partial charge in [0.15, 0.2) is 5.75 Å². The van der Waals surface area contributed by atoms with Gasteiger partial charge < -0.3 is 4.74 Å². The summed E-state index contributed by atoms with van der Waals surface area (Å²) in [6.45, 7) is 0.256. The van der Waals surface area contributed by atoms with Crippen LogP contribution in [-0.2, 0) is 15.7 Å². The highest BCUT2D eigenvalue weighted by Crippen LogP contribution is 2.24. The number of pyridine rings is 1. The summed E-state index contributed by atoms with van der Waals surface area (Å²) in [4.78, 5) is 3.72. The first-order valence-corrected chi connectivity index (χ1v) is 7.45. The zero-order chi connectivity index (χ0) is 13.0. The van der Waals surface area contributed by atoms with Crippen LogP contribution in [0.5, 0.6) is 5.75 Å². The maximum absolute atomic E-state index is 11.3. The molecule has 0 amide bonds. The van der Waals surface area contributed by atoms with Crippen molar-refractivity contribution >= 4 is 19.7 Å². The third-order valence-electron chi connectivity index (χ3n) is 2.20. The lowest BCUT2D eigenvalue weighted by molar-refractivity contribution is 0.295. The summed E-state index contributed by atoms with van der Waals surface area (Å²) >= 11 is 0. The normalized spacial score (nSPS) is 11.2. The number of nitrogens with zero attached hydrogens (tertiary/aromatic N) is 1. The number of benzene rings is 1. The third kappa shape index (κ3) is 3.21. The lowest BCUT2D eigenvalue weighted by atomic mass is 10.2. The monoisotopic (exact) mass is 283 g/mol. The van der Waals surface area contributed by atoms with Crippen molar-refractivity contribution in [2.75, 3.05) is 0 Å². The molecule has 1 heterocycles. The molecular formula is C12H10ClNO3S. The van der Waals surface area contributed by atoms with Gasteiger partial charge in [-0.1, -0.05) is 30.3 Å². The highest BCUT2D eigenvalue weighted by molar-refractivity contribution is 8.13. The van der Waals surface area contributed by atoms with Crippen molar-refractivity contribution in [3.63, 3.8) is 0 Å². The van der Waals surface area contributed by atoms with Gasteiger partial charge in [0.25, 0.3) is 9.05 Å². The Morgan fingerprint density at radius 3 is 2.50 bits per heavy atom. The molecule has 0 saturated carbocycles. The summed E-state index contributed by atoms with van der Waals surface area (Å²) in [7, 11) is 1.37. The minimum Gasteiger partial charge on any atom is -0.486 e. The van der Waals surface area contributed by atoms with Gasteiger partial charge in [-0.3, -0.25) is 0 Å². The van der Waals surface area contributed by atoms with Crippen molar-refractivity contribution in [1.82, 2.24) is 4.98 Å². The summed E-state index contributed by atoms with van der Waals surface area (Å²) < 4.78 is 28.0. The summed E-state index contributed by atoms with van der Waals surface area (Å²) in [5.41, 5.74) is 0.930. The van der Waals surface area contributed by atoms with E-state index in [-0.39, 0.29) is 17.4 Å². The molecule has 0 N–H and O–H groups in total. The number of halogens is 1. The molecule has 0 radical (unpaired) electrons. The van der Waals surface area contributed by atoms with E-state index < -0.39 is 9.05 Å². The van der Waals surface area contributed by atoms with Crippen LogP contribution in [0, 0.1) is 0 Å². The van der Waals surface area contributed by atoms with Crippen molar-refractivity contribution in [3.05, 3.63) is 54.2 Å². The second-order valence-corrected chi connectivity index (χ2v) is 6.00.